The largest absolute Gasteiger partial charge is 0.508 e. The summed E-state index contributed by atoms with van der Waals surface area (Å²) in [6.45, 7) is 1.09. The van der Waals surface area contributed by atoms with Gasteiger partial charge >= 0.3 is 0 Å². The molecule has 0 spiro atoms. The van der Waals surface area contributed by atoms with Gasteiger partial charge in [-0.05, 0) is 19.1 Å². The fraction of sp³-hybridized carbons (Fsp3) is 0.250. The van der Waals surface area contributed by atoms with Crippen LogP contribution in [0.3, 0.4) is 0 Å². The van der Waals surface area contributed by atoms with Crippen LogP contribution in [-0.4, -0.2) is 23.0 Å². The number of hydrogen-bond acceptors (Lipinski definition) is 5. The van der Waals surface area contributed by atoms with Crippen LogP contribution in [0.4, 0.5) is 5.69 Å². The molecule has 0 bridgehead atoms. The van der Waals surface area contributed by atoms with Crippen molar-refractivity contribution in [3.63, 3.8) is 0 Å². The first-order valence-electron chi connectivity index (χ1n) is 4.17. The topological polar surface area (TPSA) is 118 Å². The summed E-state index contributed by atoms with van der Waals surface area (Å²) in [4.78, 5) is 9.83. The maximum atomic E-state index is 10.9. The van der Waals surface area contributed by atoms with Crippen molar-refractivity contribution in [2.75, 3.05) is 0 Å². The van der Waals surface area contributed by atoms with Gasteiger partial charge < -0.3 is 5.11 Å². The smallest absolute Gasteiger partial charge is 0.274 e. The van der Waals surface area contributed by atoms with Gasteiger partial charge in [0.2, 0.25) is 0 Å². The van der Waals surface area contributed by atoms with Crippen molar-refractivity contribution < 1.29 is 23.0 Å². The van der Waals surface area contributed by atoms with E-state index in [4.69, 9.17) is 9.66 Å². The zero-order valence-corrected chi connectivity index (χ0v) is 9.01. The molecule has 7 nitrogen and oxygen atoms in total. The third-order valence-electron chi connectivity index (χ3n) is 2.09. The summed E-state index contributed by atoms with van der Waals surface area (Å²) in [5, 5.41) is 18.3. The van der Waals surface area contributed by atoms with E-state index in [9.17, 15) is 18.5 Å². The van der Waals surface area contributed by atoms with Gasteiger partial charge in [-0.3, -0.25) is 14.7 Å². The average molecular weight is 247 g/mol. The minimum Gasteiger partial charge on any atom is -0.508 e. The Balaban J connectivity index is 3.42. The van der Waals surface area contributed by atoms with Crippen molar-refractivity contribution in [1.29, 1.82) is 0 Å². The molecule has 0 radical (unpaired) electrons. The summed E-state index contributed by atoms with van der Waals surface area (Å²) in [6.07, 6.45) is 0. The zero-order valence-electron chi connectivity index (χ0n) is 8.19. The fourth-order valence-electron chi connectivity index (χ4n) is 1.19. The third-order valence-corrected chi connectivity index (χ3v) is 3.24. The number of aromatic hydroxyl groups is 1. The Bertz CT molecular complexity index is 523. The molecule has 1 rings (SSSR count). The molecule has 0 amide bonds. The highest BCUT2D eigenvalue weighted by molar-refractivity contribution is 7.86. The number of nitrogens with zero attached hydrogens (tertiary/aromatic N) is 1. The number of nitro benzene ring substituents is 1. The van der Waals surface area contributed by atoms with E-state index in [0.717, 1.165) is 25.1 Å². The Morgan fingerprint density at radius 2 is 2.00 bits per heavy atom. The van der Waals surface area contributed by atoms with Crippen LogP contribution in [0.2, 0.25) is 0 Å². The number of phenolic OH excluding ortho intramolecular Hbond substituents is 1. The fourth-order valence-corrected chi connectivity index (χ4v) is 1.70. The molecule has 0 heterocycles. The molecule has 0 aromatic heterocycles. The minimum absolute atomic E-state index is 0.257. The van der Waals surface area contributed by atoms with E-state index < -0.39 is 26.0 Å². The molecule has 0 aliphatic carbocycles. The second-order valence-corrected chi connectivity index (χ2v) is 4.89. The Labute approximate surface area is 91.2 Å². The van der Waals surface area contributed by atoms with Gasteiger partial charge in [-0.25, -0.2) is 0 Å². The van der Waals surface area contributed by atoms with Gasteiger partial charge in [-0.1, -0.05) is 0 Å². The van der Waals surface area contributed by atoms with Gasteiger partial charge in [0.05, 0.1) is 10.5 Å². The molecule has 0 aliphatic heterocycles. The third kappa shape index (κ3) is 2.47. The molecule has 0 aliphatic rings. The summed E-state index contributed by atoms with van der Waals surface area (Å²) in [5.74, 6) is -0.309. The van der Waals surface area contributed by atoms with Gasteiger partial charge in [0.15, 0.2) is 0 Å². The minimum atomic E-state index is -4.44. The molecular weight excluding hydrogens is 238 g/mol. The average Bonchev–Trinajstić information content (AvgIpc) is 2.14. The van der Waals surface area contributed by atoms with Crippen LogP contribution in [0.15, 0.2) is 18.2 Å². The zero-order chi connectivity index (χ0) is 12.5. The van der Waals surface area contributed by atoms with Crippen molar-refractivity contribution in [2.45, 2.75) is 12.2 Å². The quantitative estimate of drug-likeness (QED) is 0.471. The summed E-state index contributed by atoms with van der Waals surface area (Å²) >= 11 is 0. The normalized spacial score (nSPS) is 13.4. The van der Waals surface area contributed by atoms with E-state index in [1.807, 2.05) is 0 Å². The predicted molar refractivity (Wildman–Crippen MR) is 54.7 cm³/mol. The lowest BCUT2D eigenvalue weighted by molar-refractivity contribution is -0.385. The summed E-state index contributed by atoms with van der Waals surface area (Å²) in [6, 6.07) is 2.99. The SMILES string of the molecule is CC(c1cc(O)ccc1[N+](=O)[O-])S(=O)(=O)O. The molecule has 1 aromatic rings. The molecule has 1 atom stereocenters. The van der Waals surface area contributed by atoms with Gasteiger partial charge in [0.1, 0.15) is 11.0 Å². The Morgan fingerprint density at radius 1 is 1.44 bits per heavy atom. The maximum Gasteiger partial charge on any atom is 0.274 e. The van der Waals surface area contributed by atoms with Crippen LogP contribution in [0.25, 0.3) is 0 Å². The first kappa shape index (κ1) is 12.4. The number of hydrogen-bond donors (Lipinski definition) is 2. The van der Waals surface area contributed by atoms with E-state index >= 15 is 0 Å². The molecule has 0 saturated heterocycles. The summed E-state index contributed by atoms with van der Waals surface area (Å²) in [7, 11) is -4.44. The number of phenols is 1. The van der Waals surface area contributed by atoms with Gasteiger partial charge in [0.25, 0.3) is 15.8 Å². The highest BCUT2D eigenvalue weighted by atomic mass is 32.2. The molecule has 0 fully saturated rings. The highest BCUT2D eigenvalue weighted by Crippen LogP contribution is 2.32. The second-order valence-electron chi connectivity index (χ2n) is 3.16. The molecule has 1 aromatic carbocycles. The lowest BCUT2D eigenvalue weighted by atomic mass is 10.1. The highest BCUT2D eigenvalue weighted by Gasteiger charge is 2.27. The van der Waals surface area contributed by atoms with Crippen LogP contribution >= 0.6 is 0 Å². The van der Waals surface area contributed by atoms with E-state index in [1.165, 1.54) is 0 Å². The second kappa shape index (κ2) is 4.06. The molecule has 16 heavy (non-hydrogen) atoms. The lowest BCUT2D eigenvalue weighted by Gasteiger charge is -2.09. The Hall–Kier alpha value is -1.67. The standard InChI is InChI=1S/C8H9NO6S/c1-5(16(13,14)15)7-4-6(10)2-3-8(7)9(11)12/h2-5,10H,1H3,(H,13,14,15). The van der Waals surface area contributed by atoms with Crippen LogP contribution in [-0.2, 0) is 10.1 Å². The molecule has 0 saturated carbocycles. The monoisotopic (exact) mass is 247 g/mol. The van der Waals surface area contributed by atoms with Crippen LogP contribution in [0.1, 0.15) is 17.7 Å². The van der Waals surface area contributed by atoms with Crippen LogP contribution < -0.4 is 0 Å². The number of nitro groups is 1. The van der Waals surface area contributed by atoms with Crippen LogP contribution in [0, 0.1) is 10.1 Å². The van der Waals surface area contributed by atoms with Crippen LogP contribution in [0.5, 0.6) is 5.75 Å². The van der Waals surface area contributed by atoms with Crippen molar-refractivity contribution >= 4 is 15.8 Å². The van der Waals surface area contributed by atoms with Crippen molar-refractivity contribution in [3.8, 4) is 5.75 Å². The predicted octanol–water partition coefficient (Wildman–Crippen LogP) is 1.25. The van der Waals surface area contributed by atoms with Crippen molar-refractivity contribution in [2.24, 2.45) is 0 Å². The molecule has 1 unspecified atom stereocenters. The van der Waals surface area contributed by atoms with E-state index in [1.54, 1.807) is 0 Å². The summed E-state index contributed by atoms with van der Waals surface area (Å²) in [5.41, 5.74) is -0.726. The van der Waals surface area contributed by atoms with Crippen molar-refractivity contribution in [1.82, 2.24) is 0 Å². The number of rotatable bonds is 3. The molecule has 2 N–H and O–H groups in total. The maximum absolute atomic E-state index is 10.9. The van der Waals surface area contributed by atoms with Gasteiger partial charge in [-0.15, -0.1) is 0 Å². The van der Waals surface area contributed by atoms with Crippen molar-refractivity contribution in [3.05, 3.63) is 33.9 Å². The Kier molecular flexibility index (Phi) is 3.15. The van der Waals surface area contributed by atoms with E-state index in [0.29, 0.717) is 0 Å². The first-order chi connectivity index (χ1) is 7.23. The lowest BCUT2D eigenvalue weighted by Crippen LogP contribution is -2.10. The summed E-state index contributed by atoms with van der Waals surface area (Å²) < 4.78 is 30.5. The molecular formula is C8H9NO6S. The number of benzene rings is 1. The first-order valence-corrected chi connectivity index (χ1v) is 5.67. The van der Waals surface area contributed by atoms with Gasteiger partial charge in [0, 0.05) is 6.07 Å². The molecule has 88 valence electrons. The Morgan fingerprint density at radius 3 is 2.44 bits per heavy atom. The van der Waals surface area contributed by atoms with E-state index in [2.05, 4.69) is 0 Å². The van der Waals surface area contributed by atoms with Gasteiger partial charge in [-0.2, -0.15) is 8.42 Å². The molecule has 8 heteroatoms. The van der Waals surface area contributed by atoms with E-state index in [-0.39, 0.29) is 11.3 Å².